The molecular weight excluding hydrogens is 308 g/mol. The topological polar surface area (TPSA) is 28.7 Å². The molecule has 0 bridgehead atoms. The highest BCUT2D eigenvalue weighted by molar-refractivity contribution is 9.10. The van der Waals surface area contributed by atoms with Crippen LogP contribution in [-0.2, 0) is 6.42 Å². The van der Waals surface area contributed by atoms with E-state index in [1.165, 1.54) is 5.56 Å². The van der Waals surface area contributed by atoms with Crippen LogP contribution >= 0.6 is 28.1 Å². The van der Waals surface area contributed by atoms with Crippen LogP contribution in [0.1, 0.15) is 23.7 Å². The van der Waals surface area contributed by atoms with Crippen LogP contribution in [-0.4, -0.2) is 9.97 Å². The monoisotopic (exact) mass is 322 g/mol. The number of hydrogen-bond donors (Lipinski definition) is 1. The zero-order valence-electron chi connectivity index (χ0n) is 10.7. The molecule has 1 aromatic heterocycles. The molecule has 0 aliphatic heterocycles. The Balaban J connectivity index is 2.65. The summed E-state index contributed by atoms with van der Waals surface area (Å²) < 4.78 is 1.74. The smallest absolute Gasteiger partial charge is 0.139 e. The fraction of sp³-hybridized carbons (Fsp3) is 0.286. The molecule has 0 spiro atoms. The first-order chi connectivity index (χ1) is 8.52. The molecule has 4 heteroatoms. The van der Waals surface area contributed by atoms with Crippen molar-refractivity contribution in [3.63, 3.8) is 0 Å². The molecule has 0 amide bonds. The van der Waals surface area contributed by atoms with Gasteiger partial charge in [0.25, 0.3) is 0 Å². The van der Waals surface area contributed by atoms with Crippen LogP contribution < -0.4 is 0 Å². The van der Waals surface area contributed by atoms with Gasteiger partial charge in [0, 0.05) is 21.3 Å². The minimum atomic E-state index is 0.697. The lowest BCUT2D eigenvalue weighted by atomic mass is 10.1. The number of nitrogens with one attached hydrogen (secondary N) is 1. The number of aromatic nitrogens is 2. The lowest BCUT2D eigenvalue weighted by molar-refractivity contribution is 0.988. The number of hydrogen-bond acceptors (Lipinski definition) is 2. The van der Waals surface area contributed by atoms with Crippen molar-refractivity contribution >= 4 is 28.1 Å². The predicted octanol–water partition coefficient (Wildman–Crippen LogP) is 4.75. The number of benzene rings is 1. The molecule has 2 rings (SSSR count). The normalized spacial score (nSPS) is 10.7. The zero-order valence-corrected chi connectivity index (χ0v) is 13.1. The van der Waals surface area contributed by atoms with Crippen LogP contribution in [0.5, 0.6) is 0 Å². The summed E-state index contributed by atoms with van der Waals surface area (Å²) in [5.41, 5.74) is 4.49. The minimum Gasteiger partial charge on any atom is -0.343 e. The highest BCUT2D eigenvalue weighted by atomic mass is 79.9. The van der Waals surface area contributed by atoms with Crippen LogP contribution in [0, 0.1) is 18.5 Å². The maximum absolute atomic E-state index is 5.36. The van der Waals surface area contributed by atoms with Crippen LogP contribution in [0.3, 0.4) is 0 Å². The van der Waals surface area contributed by atoms with Crippen molar-refractivity contribution in [3.05, 3.63) is 44.1 Å². The second-order valence-corrected chi connectivity index (χ2v) is 5.61. The van der Waals surface area contributed by atoms with Gasteiger partial charge < -0.3 is 4.98 Å². The fourth-order valence-corrected chi connectivity index (χ4v) is 2.75. The Bertz CT molecular complexity index is 647. The second-order valence-electron chi connectivity index (χ2n) is 4.31. The summed E-state index contributed by atoms with van der Waals surface area (Å²) >= 11 is 8.85. The van der Waals surface area contributed by atoms with Gasteiger partial charge in [-0.15, -0.1) is 0 Å². The predicted molar refractivity (Wildman–Crippen MR) is 81.4 cm³/mol. The number of aromatic amines is 1. The van der Waals surface area contributed by atoms with E-state index >= 15 is 0 Å². The number of aryl methyl sites for hydroxylation is 2. The average Bonchev–Trinajstić information content (AvgIpc) is 2.32. The second kappa shape index (κ2) is 5.33. The molecule has 0 fully saturated rings. The van der Waals surface area contributed by atoms with Gasteiger partial charge in [-0.1, -0.05) is 41.1 Å². The van der Waals surface area contributed by atoms with Crippen LogP contribution in [0.2, 0.25) is 0 Å². The fourth-order valence-electron chi connectivity index (χ4n) is 2.00. The third-order valence-electron chi connectivity index (χ3n) is 3.04. The molecule has 1 N–H and O–H groups in total. The first kappa shape index (κ1) is 13.4. The third kappa shape index (κ3) is 2.54. The molecular formula is C14H15BrN2S. The van der Waals surface area contributed by atoms with E-state index in [-0.39, 0.29) is 0 Å². The highest BCUT2D eigenvalue weighted by Gasteiger charge is 2.08. The number of halogens is 1. The summed E-state index contributed by atoms with van der Waals surface area (Å²) in [5.74, 6) is 0.841. The first-order valence-electron chi connectivity index (χ1n) is 5.89. The Morgan fingerprint density at radius 3 is 2.67 bits per heavy atom. The molecule has 1 heterocycles. The van der Waals surface area contributed by atoms with Gasteiger partial charge in [-0.3, -0.25) is 0 Å². The number of H-pyrrole nitrogens is 1. The molecule has 0 saturated carbocycles. The summed E-state index contributed by atoms with van der Waals surface area (Å²) in [6, 6.07) is 6.16. The Morgan fingerprint density at radius 2 is 2.06 bits per heavy atom. The molecule has 0 saturated heterocycles. The van der Waals surface area contributed by atoms with E-state index in [9.17, 15) is 0 Å². The van der Waals surface area contributed by atoms with E-state index < -0.39 is 0 Å². The van der Waals surface area contributed by atoms with Gasteiger partial charge in [-0.25, -0.2) is 4.98 Å². The van der Waals surface area contributed by atoms with E-state index in [2.05, 4.69) is 51.9 Å². The maximum atomic E-state index is 5.36. The Morgan fingerprint density at radius 1 is 1.33 bits per heavy atom. The van der Waals surface area contributed by atoms with Crippen molar-refractivity contribution in [2.45, 2.75) is 27.2 Å². The van der Waals surface area contributed by atoms with Crippen LogP contribution in [0.4, 0.5) is 0 Å². The highest BCUT2D eigenvalue weighted by Crippen LogP contribution is 2.25. The summed E-state index contributed by atoms with van der Waals surface area (Å²) in [6.07, 6.45) is 0.909. The molecule has 1 aromatic carbocycles. The third-order valence-corrected chi connectivity index (χ3v) is 3.87. The summed E-state index contributed by atoms with van der Waals surface area (Å²) in [4.78, 5) is 7.87. The van der Waals surface area contributed by atoms with Crippen molar-refractivity contribution in [2.75, 3.05) is 0 Å². The van der Waals surface area contributed by atoms with Gasteiger partial charge in [0.05, 0.1) is 0 Å². The average molecular weight is 323 g/mol. The van der Waals surface area contributed by atoms with Crippen molar-refractivity contribution in [1.82, 2.24) is 9.97 Å². The zero-order chi connectivity index (χ0) is 13.3. The molecule has 0 aliphatic rings. The maximum Gasteiger partial charge on any atom is 0.139 e. The lowest BCUT2D eigenvalue weighted by Gasteiger charge is -2.10. The molecule has 2 aromatic rings. The Hall–Kier alpha value is -1.00. The lowest BCUT2D eigenvalue weighted by Crippen LogP contribution is -2.00. The largest absolute Gasteiger partial charge is 0.343 e. The summed E-state index contributed by atoms with van der Waals surface area (Å²) in [7, 11) is 0. The van der Waals surface area contributed by atoms with Gasteiger partial charge in [-0.2, -0.15) is 0 Å². The van der Waals surface area contributed by atoms with E-state index in [1.54, 1.807) is 0 Å². The van der Waals surface area contributed by atoms with Gasteiger partial charge in [-0.05, 0) is 38.0 Å². The summed E-state index contributed by atoms with van der Waals surface area (Å²) in [6.45, 7) is 6.22. The molecule has 2 nitrogen and oxygen atoms in total. The Kier molecular flexibility index (Phi) is 3.97. The van der Waals surface area contributed by atoms with Crippen LogP contribution in [0.15, 0.2) is 22.7 Å². The minimum absolute atomic E-state index is 0.697. The van der Waals surface area contributed by atoms with E-state index in [4.69, 9.17) is 12.2 Å². The van der Waals surface area contributed by atoms with E-state index in [0.29, 0.717) is 4.64 Å². The van der Waals surface area contributed by atoms with E-state index in [1.807, 2.05) is 13.0 Å². The van der Waals surface area contributed by atoms with Crippen LogP contribution in [0.25, 0.3) is 11.4 Å². The first-order valence-corrected chi connectivity index (χ1v) is 7.09. The summed E-state index contributed by atoms with van der Waals surface area (Å²) in [5, 5.41) is 0. The molecule has 94 valence electrons. The van der Waals surface area contributed by atoms with E-state index in [0.717, 1.165) is 33.5 Å². The van der Waals surface area contributed by atoms with Crippen molar-refractivity contribution in [2.24, 2.45) is 0 Å². The standard InChI is InChI=1S/C14H15BrN2S/c1-4-11-9(3)16-13(17-14(11)18)12-7-10(15)6-5-8(12)2/h5-7H,4H2,1-3H3,(H,16,17,18). The Labute approximate surface area is 121 Å². The molecule has 0 unspecified atom stereocenters. The molecule has 18 heavy (non-hydrogen) atoms. The van der Waals surface area contributed by atoms with Gasteiger partial charge in [0.15, 0.2) is 0 Å². The molecule has 0 radical (unpaired) electrons. The molecule has 0 aliphatic carbocycles. The van der Waals surface area contributed by atoms with Crippen molar-refractivity contribution in [1.29, 1.82) is 0 Å². The van der Waals surface area contributed by atoms with Crippen molar-refractivity contribution in [3.8, 4) is 11.4 Å². The number of nitrogens with zero attached hydrogens (tertiary/aromatic N) is 1. The molecule has 0 atom stereocenters. The van der Waals surface area contributed by atoms with Gasteiger partial charge in [0.2, 0.25) is 0 Å². The SMILES string of the molecule is CCc1c(C)[nH]c(-c2cc(Br)ccc2C)nc1=S. The quantitative estimate of drug-likeness (QED) is 0.808. The van der Waals surface area contributed by atoms with Gasteiger partial charge >= 0.3 is 0 Å². The number of rotatable bonds is 2. The van der Waals surface area contributed by atoms with Gasteiger partial charge in [0.1, 0.15) is 10.5 Å². The van der Waals surface area contributed by atoms with Crippen molar-refractivity contribution < 1.29 is 0 Å².